The van der Waals surface area contributed by atoms with E-state index < -0.39 is 5.97 Å². The van der Waals surface area contributed by atoms with Crippen molar-refractivity contribution in [2.75, 3.05) is 6.61 Å². The van der Waals surface area contributed by atoms with Gasteiger partial charge in [0.1, 0.15) is 0 Å². The molecule has 1 aromatic rings. The molecule has 0 aromatic carbocycles. The van der Waals surface area contributed by atoms with Gasteiger partial charge in [0.05, 0.1) is 12.3 Å². The van der Waals surface area contributed by atoms with Gasteiger partial charge in [-0.05, 0) is 26.0 Å². The summed E-state index contributed by atoms with van der Waals surface area (Å²) < 4.78 is 6.38. The van der Waals surface area contributed by atoms with Gasteiger partial charge in [-0.3, -0.25) is 0 Å². The summed E-state index contributed by atoms with van der Waals surface area (Å²) in [6.07, 6.45) is 5.25. The molecule has 0 fully saturated rings. The van der Waals surface area contributed by atoms with E-state index in [2.05, 4.69) is 11.7 Å². The minimum Gasteiger partial charge on any atom is -0.461 e. The van der Waals surface area contributed by atoms with Gasteiger partial charge < -0.3 is 4.74 Å². The second kappa shape index (κ2) is 5.14. The molecule has 0 saturated carbocycles. The minimum atomic E-state index is -0.413. The van der Waals surface area contributed by atoms with Gasteiger partial charge in [0, 0.05) is 6.20 Å². The molecule has 0 N–H and O–H groups in total. The van der Waals surface area contributed by atoms with Crippen molar-refractivity contribution in [3.8, 4) is 0 Å². The molecule has 4 heteroatoms. The Morgan fingerprint density at radius 3 is 3.00 bits per heavy atom. The minimum absolute atomic E-state index is 0.296. The van der Waals surface area contributed by atoms with Gasteiger partial charge in [0.15, 0.2) is 5.69 Å². The first-order chi connectivity index (χ1) is 7.22. The Bertz CT molecular complexity index is 391. The van der Waals surface area contributed by atoms with Crippen LogP contribution in [0.5, 0.6) is 0 Å². The molecule has 0 aliphatic rings. The summed E-state index contributed by atoms with van der Waals surface area (Å²) in [5.41, 5.74) is 1.10. The number of esters is 1. The van der Waals surface area contributed by atoms with Crippen molar-refractivity contribution in [3.05, 3.63) is 30.1 Å². The van der Waals surface area contributed by atoms with Crippen LogP contribution in [-0.4, -0.2) is 22.4 Å². The smallest absolute Gasteiger partial charge is 0.358 e. The van der Waals surface area contributed by atoms with Crippen molar-refractivity contribution in [3.63, 3.8) is 0 Å². The summed E-state index contributed by atoms with van der Waals surface area (Å²) in [6, 6.07) is 1.67. The van der Waals surface area contributed by atoms with E-state index in [-0.39, 0.29) is 0 Å². The Labute approximate surface area is 88.9 Å². The number of allylic oxidation sites excluding steroid dienone is 1. The predicted octanol–water partition coefficient (Wildman–Crippen LogP) is 2.19. The van der Waals surface area contributed by atoms with Gasteiger partial charge in [-0.2, -0.15) is 5.10 Å². The van der Waals surface area contributed by atoms with E-state index in [1.807, 2.05) is 19.1 Å². The molecule has 80 valence electrons. The third kappa shape index (κ3) is 2.56. The molecule has 0 aliphatic heterocycles. The fourth-order valence-electron chi connectivity index (χ4n) is 1.16. The lowest BCUT2D eigenvalue weighted by Crippen LogP contribution is -2.05. The van der Waals surface area contributed by atoms with Crippen LogP contribution in [0.3, 0.4) is 0 Å². The van der Waals surface area contributed by atoms with E-state index in [0.29, 0.717) is 12.3 Å². The number of carbonyl (C=O) groups excluding carboxylic acids is 1. The molecule has 1 rings (SSSR count). The number of carbonyl (C=O) groups is 1. The van der Waals surface area contributed by atoms with Crippen LogP contribution in [0.15, 0.2) is 18.7 Å². The van der Waals surface area contributed by atoms with Crippen molar-refractivity contribution in [1.82, 2.24) is 9.78 Å². The SMILES string of the molecule is C=Cn1nc(C(=O)OCC)cc1/C=C\C. The normalized spacial score (nSPS) is 10.5. The first-order valence-corrected chi connectivity index (χ1v) is 4.74. The molecule has 0 bridgehead atoms. The fourth-order valence-corrected chi connectivity index (χ4v) is 1.16. The zero-order valence-corrected chi connectivity index (χ0v) is 8.93. The van der Waals surface area contributed by atoms with Crippen LogP contribution in [0.4, 0.5) is 0 Å². The Morgan fingerprint density at radius 1 is 1.73 bits per heavy atom. The molecule has 0 saturated heterocycles. The maximum Gasteiger partial charge on any atom is 0.358 e. The van der Waals surface area contributed by atoms with Gasteiger partial charge in [0.2, 0.25) is 0 Å². The van der Waals surface area contributed by atoms with E-state index in [1.165, 1.54) is 10.9 Å². The van der Waals surface area contributed by atoms with Crippen molar-refractivity contribution in [1.29, 1.82) is 0 Å². The lowest BCUT2D eigenvalue weighted by molar-refractivity contribution is 0.0519. The number of hydrogen-bond donors (Lipinski definition) is 0. The van der Waals surface area contributed by atoms with Crippen molar-refractivity contribution in [2.24, 2.45) is 0 Å². The van der Waals surface area contributed by atoms with Gasteiger partial charge in [-0.25, -0.2) is 9.48 Å². The first kappa shape index (κ1) is 11.2. The fraction of sp³-hybridized carbons (Fsp3) is 0.273. The molecule has 1 heterocycles. The van der Waals surface area contributed by atoms with Crippen LogP contribution in [0.25, 0.3) is 12.3 Å². The largest absolute Gasteiger partial charge is 0.461 e. The molecule has 4 nitrogen and oxygen atoms in total. The number of rotatable bonds is 4. The second-order valence-corrected chi connectivity index (χ2v) is 2.80. The summed E-state index contributed by atoms with van der Waals surface area (Å²) in [4.78, 5) is 11.4. The number of ether oxygens (including phenoxy) is 1. The summed E-state index contributed by atoms with van der Waals surface area (Å²) in [6.45, 7) is 7.61. The average molecular weight is 206 g/mol. The van der Waals surface area contributed by atoms with Crippen molar-refractivity contribution < 1.29 is 9.53 Å². The lowest BCUT2D eigenvalue weighted by atomic mass is 10.3. The van der Waals surface area contributed by atoms with Crippen molar-refractivity contribution in [2.45, 2.75) is 13.8 Å². The Kier molecular flexibility index (Phi) is 3.85. The number of hydrogen-bond acceptors (Lipinski definition) is 3. The molecule has 15 heavy (non-hydrogen) atoms. The van der Waals surface area contributed by atoms with E-state index >= 15 is 0 Å². The number of aromatic nitrogens is 2. The van der Waals surface area contributed by atoms with E-state index in [9.17, 15) is 4.79 Å². The monoisotopic (exact) mass is 206 g/mol. The molecule has 0 unspecified atom stereocenters. The van der Waals surface area contributed by atoms with Crippen LogP contribution in [0.2, 0.25) is 0 Å². The van der Waals surface area contributed by atoms with Gasteiger partial charge in [0.25, 0.3) is 0 Å². The molecule has 1 aromatic heterocycles. The molecule has 0 radical (unpaired) electrons. The number of nitrogens with zero attached hydrogens (tertiary/aromatic N) is 2. The van der Waals surface area contributed by atoms with Crippen LogP contribution in [0.1, 0.15) is 30.0 Å². The average Bonchev–Trinajstić information content (AvgIpc) is 2.62. The zero-order valence-electron chi connectivity index (χ0n) is 8.93. The van der Waals surface area contributed by atoms with Gasteiger partial charge in [-0.1, -0.05) is 12.7 Å². The lowest BCUT2D eigenvalue weighted by Gasteiger charge is -1.95. The maximum atomic E-state index is 11.4. The van der Waals surface area contributed by atoms with Crippen molar-refractivity contribution >= 4 is 18.2 Å². The van der Waals surface area contributed by atoms with Crippen LogP contribution < -0.4 is 0 Å². The van der Waals surface area contributed by atoms with E-state index in [0.717, 1.165) is 5.69 Å². The summed E-state index contributed by atoms with van der Waals surface area (Å²) >= 11 is 0. The second-order valence-electron chi connectivity index (χ2n) is 2.80. The Hall–Kier alpha value is -1.84. The summed E-state index contributed by atoms with van der Waals surface area (Å²) in [7, 11) is 0. The molecular formula is C11H14N2O2. The highest BCUT2D eigenvalue weighted by Crippen LogP contribution is 2.08. The summed E-state index contributed by atoms with van der Waals surface area (Å²) in [5, 5.41) is 4.04. The van der Waals surface area contributed by atoms with E-state index in [1.54, 1.807) is 13.0 Å². The maximum absolute atomic E-state index is 11.4. The third-order valence-corrected chi connectivity index (χ3v) is 1.76. The van der Waals surface area contributed by atoms with Gasteiger partial charge in [-0.15, -0.1) is 0 Å². The first-order valence-electron chi connectivity index (χ1n) is 4.74. The molecule has 0 aliphatic carbocycles. The van der Waals surface area contributed by atoms with Crippen LogP contribution in [0, 0.1) is 0 Å². The molecule has 0 spiro atoms. The zero-order chi connectivity index (χ0) is 11.3. The quantitative estimate of drug-likeness (QED) is 0.709. The predicted molar refractivity (Wildman–Crippen MR) is 59.3 cm³/mol. The third-order valence-electron chi connectivity index (χ3n) is 1.76. The van der Waals surface area contributed by atoms with E-state index in [4.69, 9.17) is 4.74 Å². The molecular weight excluding hydrogens is 192 g/mol. The Morgan fingerprint density at radius 2 is 2.47 bits per heavy atom. The molecule has 0 amide bonds. The van der Waals surface area contributed by atoms with Crippen LogP contribution >= 0.6 is 0 Å². The molecule has 0 atom stereocenters. The highest BCUT2D eigenvalue weighted by atomic mass is 16.5. The topological polar surface area (TPSA) is 44.1 Å². The standard InChI is InChI=1S/C11H14N2O2/c1-4-7-9-8-10(11(14)15-6-3)12-13(9)5-2/h4-5,7-8H,2,6H2,1,3H3/b7-4-. The van der Waals surface area contributed by atoms with Crippen LogP contribution in [-0.2, 0) is 4.74 Å². The highest BCUT2D eigenvalue weighted by Gasteiger charge is 2.12. The summed E-state index contributed by atoms with van der Waals surface area (Å²) in [5.74, 6) is -0.413. The van der Waals surface area contributed by atoms with Gasteiger partial charge >= 0.3 is 5.97 Å². The highest BCUT2D eigenvalue weighted by molar-refractivity contribution is 5.88. The Balaban J connectivity index is 3.01.